The first-order valence-electron chi connectivity index (χ1n) is 6.23. The van der Waals surface area contributed by atoms with Gasteiger partial charge in [0.1, 0.15) is 10.7 Å². The molecule has 0 aliphatic carbocycles. The number of rotatable bonds is 3. The first-order valence-corrected chi connectivity index (χ1v) is 7.78. The number of anilines is 1. The van der Waals surface area contributed by atoms with Crippen molar-refractivity contribution < 1.29 is 17.9 Å². The lowest BCUT2D eigenvalue weighted by molar-refractivity contribution is -0.146. The van der Waals surface area contributed by atoms with Crippen molar-refractivity contribution >= 4 is 21.8 Å². The Balaban J connectivity index is 2.02. The molecule has 0 radical (unpaired) electrons. The van der Waals surface area contributed by atoms with E-state index in [0.717, 1.165) is 0 Å². The lowest BCUT2D eigenvalue weighted by Gasteiger charge is -2.31. The average Bonchev–Trinajstić information content (AvgIpc) is 2.46. The number of hydrogen-bond donors (Lipinski definition) is 1. The quantitative estimate of drug-likeness (QED) is 0.795. The molecule has 1 aliphatic heterocycles. The molecule has 1 fully saturated rings. The van der Waals surface area contributed by atoms with Crippen molar-refractivity contribution in [3.05, 3.63) is 18.3 Å². The van der Waals surface area contributed by atoms with Crippen LogP contribution >= 0.6 is 0 Å². The first-order chi connectivity index (χ1) is 9.41. The number of carbonyl (C=O) groups is 1. The number of sulfonamides is 1. The monoisotopic (exact) mass is 299 g/mol. The maximum absolute atomic E-state index is 11.4. The van der Waals surface area contributed by atoms with Crippen LogP contribution in [0.25, 0.3) is 0 Å². The summed E-state index contributed by atoms with van der Waals surface area (Å²) in [5, 5.41) is 5.02. The fourth-order valence-electron chi connectivity index (χ4n) is 2.24. The number of pyridine rings is 1. The summed E-state index contributed by atoms with van der Waals surface area (Å²) >= 11 is 0. The molecule has 8 heteroatoms. The number of aromatic nitrogens is 1. The molecule has 0 saturated carbocycles. The average molecular weight is 299 g/mol. The van der Waals surface area contributed by atoms with Gasteiger partial charge in [-0.05, 0) is 25.0 Å². The van der Waals surface area contributed by atoms with E-state index in [1.54, 1.807) is 6.07 Å². The van der Waals surface area contributed by atoms with Gasteiger partial charge in [-0.25, -0.2) is 18.5 Å². The highest BCUT2D eigenvalue weighted by Crippen LogP contribution is 2.23. The van der Waals surface area contributed by atoms with Crippen molar-refractivity contribution in [1.82, 2.24) is 4.98 Å². The number of nitrogens with zero attached hydrogens (tertiary/aromatic N) is 2. The zero-order chi connectivity index (χ0) is 14.8. The van der Waals surface area contributed by atoms with Crippen LogP contribution < -0.4 is 10.0 Å². The summed E-state index contributed by atoms with van der Waals surface area (Å²) in [6, 6.07) is 3.06. The molecule has 1 aromatic rings. The number of nitrogens with two attached hydrogens (primary N) is 1. The van der Waals surface area contributed by atoms with Crippen LogP contribution in [0.1, 0.15) is 12.8 Å². The molecule has 2 N–H and O–H groups in total. The Morgan fingerprint density at radius 3 is 2.50 bits per heavy atom. The predicted octanol–water partition coefficient (Wildman–Crippen LogP) is 0.118. The van der Waals surface area contributed by atoms with E-state index in [0.29, 0.717) is 31.7 Å². The van der Waals surface area contributed by atoms with E-state index in [1.165, 1.54) is 19.4 Å². The van der Waals surface area contributed by atoms with E-state index < -0.39 is 10.0 Å². The summed E-state index contributed by atoms with van der Waals surface area (Å²) in [7, 11) is -2.32. The SMILES string of the molecule is COC(=O)C1CCN(c2ccc(S(N)(=O)=O)cn2)CC1. The molecule has 110 valence electrons. The van der Waals surface area contributed by atoms with Crippen LogP contribution in [0.15, 0.2) is 23.2 Å². The summed E-state index contributed by atoms with van der Waals surface area (Å²) in [6.45, 7) is 1.36. The lowest BCUT2D eigenvalue weighted by atomic mass is 9.97. The first kappa shape index (κ1) is 14.7. The normalized spacial score (nSPS) is 17.0. The molecule has 2 heterocycles. The molecule has 2 rings (SSSR count). The summed E-state index contributed by atoms with van der Waals surface area (Å²) < 4.78 is 27.0. The van der Waals surface area contributed by atoms with Crippen molar-refractivity contribution in [2.75, 3.05) is 25.1 Å². The highest BCUT2D eigenvalue weighted by Gasteiger charge is 2.26. The van der Waals surface area contributed by atoms with Crippen molar-refractivity contribution in [1.29, 1.82) is 0 Å². The maximum Gasteiger partial charge on any atom is 0.308 e. The van der Waals surface area contributed by atoms with Gasteiger partial charge in [0.2, 0.25) is 10.0 Å². The van der Waals surface area contributed by atoms with Crippen molar-refractivity contribution in [2.24, 2.45) is 11.1 Å². The molecular formula is C12H17N3O4S. The molecule has 20 heavy (non-hydrogen) atoms. The van der Waals surface area contributed by atoms with Crippen LogP contribution in [-0.4, -0.2) is 39.6 Å². The number of esters is 1. The molecular weight excluding hydrogens is 282 g/mol. The van der Waals surface area contributed by atoms with Gasteiger partial charge in [-0.2, -0.15) is 0 Å². The van der Waals surface area contributed by atoms with E-state index in [1.807, 2.05) is 4.90 Å². The van der Waals surface area contributed by atoms with Crippen LogP contribution in [0, 0.1) is 5.92 Å². The smallest absolute Gasteiger partial charge is 0.308 e. The fraction of sp³-hybridized carbons (Fsp3) is 0.500. The maximum atomic E-state index is 11.4. The van der Waals surface area contributed by atoms with Gasteiger partial charge in [0.15, 0.2) is 0 Å². The molecule has 7 nitrogen and oxygen atoms in total. The third-order valence-corrected chi connectivity index (χ3v) is 4.30. The van der Waals surface area contributed by atoms with Crippen LogP contribution in [0.2, 0.25) is 0 Å². The van der Waals surface area contributed by atoms with Crippen molar-refractivity contribution in [2.45, 2.75) is 17.7 Å². The largest absolute Gasteiger partial charge is 0.469 e. The van der Waals surface area contributed by atoms with Crippen molar-refractivity contribution in [3.8, 4) is 0 Å². The number of ether oxygens (including phenoxy) is 1. The fourth-order valence-corrected chi connectivity index (χ4v) is 2.70. The molecule has 1 aliphatic rings. The van der Waals surface area contributed by atoms with Crippen LogP contribution in [0.4, 0.5) is 5.82 Å². The minimum Gasteiger partial charge on any atom is -0.469 e. The Labute approximate surface area is 117 Å². The number of primary sulfonamides is 1. The standard InChI is InChI=1S/C12H17N3O4S/c1-19-12(16)9-4-6-15(7-5-9)11-3-2-10(8-14-11)20(13,17)18/h2-3,8-9H,4-7H2,1H3,(H2,13,17,18). The number of methoxy groups -OCH3 is 1. The summed E-state index contributed by atoms with van der Waals surface area (Å²) in [5.74, 6) is 0.433. The van der Waals surface area contributed by atoms with Crippen LogP contribution in [0.5, 0.6) is 0 Å². The van der Waals surface area contributed by atoms with Gasteiger partial charge in [-0.3, -0.25) is 4.79 Å². The molecule has 0 atom stereocenters. The Kier molecular flexibility index (Phi) is 4.24. The van der Waals surface area contributed by atoms with E-state index in [4.69, 9.17) is 9.88 Å². The van der Waals surface area contributed by atoms with Crippen LogP contribution in [-0.2, 0) is 19.6 Å². The Morgan fingerprint density at radius 1 is 1.40 bits per heavy atom. The van der Waals surface area contributed by atoms with E-state index in [-0.39, 0.29) is 16.8 Å². The van der Waals surface area contributed by atoms with E-state index >= 15 is 0 Å². The molecule has 0 aromatic carbocycles. The molecule has 1 aromatic heterocycles. The van der Waals surface area contributed by atoms with E-state index in [2.05, 4.69) is 4.98 Å². The second-order valence-corrected chi connectivity index (χ2v) is 6.24. The van der Waals surface area contributed by atoms with Crippen LogP contribution in [0.3, 0.4) is 0 Å². The van der Waals surface area contributed by atoms with Gasteiger partial charge in [0, 0.05) is 19.3 Å². The van der Waals surface area contributed by atoms with Gasteiger partial charge in [0.25, 0.3) is 0 Å². The molecule has 0 unspecified atom stereocenters. The Bertz CT molecular complexity index is 577. The van der Waals surface area contributed by atoms with Gasteiger partial charge in [-0.15, -0.1) is 0 Å². The number of carbonyl (C=O) groups excluding carboxylic acids is 1. The third-order valence-electron chi connectivity index (χ3n) is 3.40. The van der Waals surface area contributed by atoms with Gasteiger partial charge in [-0.1, -0.05) is 0 Å². The Hall–Kier alpha value is -1.67. The summed E-state index contributed by atoms with van der Waals surface area (Å²) in [5.41, 5.74) is 0. The number of hydrogen-bond acceptors (Lipinski definition) is 6. The molecule has 0 bridgehead atoms. The van der Waals surface area contributed by atoms with E-state index in [9.17, 15) is 13.2 Å². The van der Waals surface area contributed by atoms with Gasteiger partial charge < -0.3 is 9.64 Å². The number of piperidine rings is 1. The highest BCUT2D eigenvalue weighted by molar-refractivity contribution is 7.89. The van der Waals surface area contributed by atoms with Gasteiger partial charge in [0.05, 0.1) is 13.0 Å². The zero-order valence-electron chi connectivity index (χ0n) is 11.2. The molecule has 0 spiro atoms. The van der Waals surface area contributed by atoms with Crippen molar-refractivity contribution in [3.63, 3.8) is 0 Å². The second kappa shape index (κ2) is 5.76. The minimum atomic E-state index is -3.72. The minimum absolute atomic E-state index is 0.00861. The third kappa shape index (κ3) is 3.26. The summed E-state index contributed by atoms with van der Waals surface area (Å²) in [4.78, 5) is 17.5. The second-order valence-electron chi connectivity index (χ2n) is 4.68. The molecule has 1 saturated heterocycles. The highest BCUT2D eigenvalue weighted by atomic mass is 32.2. The van der Waals surface area contributed by atoms with Gasteiger partial charge >= 0.3 is 5.97 Å². The summed E-state index contributed by atoms with van der Waals surface area (Å²) in [6.07, 6.45) is 2.65. The molecule has 0 amide bonds. The predicted molar refractivity (Wildman–Crippen MR) is 72.6 cm³/mol. The zero-order valence-corrected chi connectivity index (χ0v) is 12.0. The topological polar surface area (TPSA) is 103 Å². The lowest BCUT2D eigenvalue weighted by Crippen LogP contribution is -2.37. The Morgan fingerprint density at radius 2 is 2.05 bits per heavy atom.